The molecule has 2 aromatic rings. The monoisotopic (exact) mass is 300 g/mol. The Morgan fingerprint density at radius 2 is 2.05 bits per heavy atom. The Morgan fingerprint density at radius 1 is 1.29 bits per heavy atom. The van der Waals surface area contributed by atoms with E-state index in [0.717, 1.165) is 25.3 Å². The molecule has 0 bridgehead atoms. The van der Waals surface area contributed by atoms with E-state index in [9.17, 15) is 17.6 Å². The average molecular weight is 300 g/mol. The molecule has 1 saturated carbocycles. The normalized spacial score (nSPS) is 15.4. The first kappa shape index (κ1) is 14.1. The van der Waals surface area contributed by atoms with E-state index in [-0.39, 0.29) is 11.3 Å². The lowest BCUT2D eigenvalue weighted by molar-refractivity contribution is -0.139. The van der Waals surface area contributed by atoms with Gasteiger partial charge in [-0.25, -0.2) is 9.37 Å². The second kappa shape index (κ2) is 5.14. The van der Waals surface area contributed by atoms with Crippen molar-refractivity contribution < 1.29 is 22.0 Å². The van der Waals surface area contributed by atoms with Crippen LogP contribution in [0.3, 0.4) is 0 Å². The molecule has 0 aliphatic heterocycles. The summed E-state index contributed by atoms with van der Waals surface area (Å²) in [5.74, 6) is -1.30. The molecule has 3 nitrogen and oxygen atoms in total. The summed E-state index contributed by atoms with van der Waals surface area (Å²) in [6.45, 7) is 0.339. The maximum Gasteiger partial charge on any atom is 0.419 e. The van der Waals surface area contributed by atoms with E-state index in [2.05, 4.69) is 10.3 Å². The lowest BCUT2D eigenvalue weighted by atomic mass is 10.1. The third-order valence-corrected chi connectivity index (χ3v) is 3.33. The van der Waals surface area contributed by atoms with Crippen LogP contribution in [0.25, 0.3) is 11.3 Å². The first-order valence-electron chi connectivity index (χ1n) is 6.48. The summed E-state index contributed by atoms with van der Waals surface area (Å²) in [7, 11) is 0. The molecule has 1 aliphatic rings. The van der Waals surface area contributed by atoms with Crippen LogP contribution < -0.4 is 5.32 Å². The first-order chi connectivity index (χ1) is 9.97. The molecule has 7 heteroatoms. The molecule has 0 saturated heterocycles. The standard InChI is InChI=1S/C14H12F4N2O/c15-12-9(2-1-3-10(12)14(16,17)18)13-11(20-7-21-13)6-19-8-4-5-8/h1-3,7-8,19H,4-6H2. The molecule has 1 fully saturated rings. The van der Waals surface area contributed by atoms with Gasteiger partial charge in [0, 0.05) is 12.6 Å². The number of nitrogens with zero attached hydrogens (tertiary/aromatic N) is 1. The zero-order chi connectivity index (χ0) is 15.0. The predicted molar refractivity (Wildman–Crippen MR) is 66.8 cm³/mol. The predicted octanol–water partition coefficient (Wildman–Crippen LogP) is 3.75. The van der Waals surface area contributed by atoms with Crippen molar-refractivity contribution in [1.29, 1.82) is 0 Å². The van der Waals surface area contributed by atoms with Crippen LogP contribution in [0.2, 0.25) is 0 Å². The van der Waals surface area contributed by atoms with Crippen molar-refractivity contribution in [1.82, 2.24) is 10.3 Å². The van der Waals surface area contributed by atoms with Crippen molar-refractivity contribution in [2.45, 2.75) is 31.6 Å². The third kappa shape index (κ3) is 2.92. The van der Waals surface area contributed by atoms with Crippen LogP contribution in [-0.2, 0) is 12.7 Å². The smallest absolute Gasteiger partial charge is 0.419 e. The van der Waals surface area contributed by atoms with Crippen molar-refractivity contribution in [3.63, 3.8) is 0 Å². The molecule has 0 atom stereocenters. The highest BCUT2D eigenvalue weighted by Gasteiger charge is 2.35. The van der Waals surface area contributed by atoms with Gasteiger partial charge in [-0.1, -0.05) is 6.07 Å². The SMILES string of the molecule is Fc1c(-c2ocnc2CNC2CC2)cccc1C(F)(F)F. The van der Waals surface area contributed by atoms with Gasteiger partial charge in [-0.15, -0.1) is 0 Å². The lowest BCUT2D eigenvalue weighted by Gasteiger charge is -2.10. The Labute approximate surface area is 118 Å². The topological polar surface area (TPSA) is 38.1 Å². The molecule has 3 rings (SSSR count). The Bertz CT molecular complexity index is 647. The molecule has 0 unspecified atom stereocenters. The molecular weight excluding hydrogens is 288 g/mol. The number of alkyl halides is 3. The molecule has 1 aliphatic carbocycles. The van der Waals surface area contributed by atoms with Gasteiger partial charge in [-0.2, -0.15) is 13.2 Å². The van der Waals surface area contributed by atoms with Gasteiger partial charge >= 0.3 is 6.18 Å². The summed E-state index contributed by atoms with van der Waals surface area (Å²) in [5.41, 5.74) is -1.13. The highest BCUT2D eigenvalue weighted by Crippen LogP contribution is 2.36. The number of hydrogen-bond donors (Lipinski definition) is 1. The fourth-order valence-electron chi connectivity index (χ4n) is 2.07. The second-order valence-corrected chi connectivity index (χ2v) is 4.95. The van der Waals surface area contributed by atoms with E-state index < -0.39 is 17.6 Å². The molecule has 0 radical (unpaired) electrons. The van der Waals surface area contributed by atoms with E-state index in [1.165, 1.54) is 6.07 Å². The van der Waals surface area contributed by atoms with Gasteiger partial charge in [0.1, 0.15) is 11.5 Å². The van der Waals surface area contributed by atoms with E-state index in [0.29, 0.717) is 24.3 Å². The summed E-state index contributed by atoms with van der Waals surface area (Å²) in [6, 6.07) is 3.52. The van der Waals surface area contributed by atoms with Crippen molar-refractivity contribution in [2.75, 3.05) is 0 Å². The van der Waals surface area contributed by atoms with Gasteiger partial charge in [0.2, 0.25) is 0 Å². The zero-order valence-corrected chi connectivity index (χ0v) is 10.9. The van der Waals surface area contributed by atoms with E-state index >= 15 is 0 Å². The third-order valence-electron chi connectivity index (χ3n) is 3.33. The fourth-order valence-corrected chi connectivity index (χ4v) is 2.07. The van der Waals surface area contributed by atoms with Crippen LogP contribution in [0.5, 0.6) is 0 Å². The minimum Gasteiger partial charge on any atom is -0.443 e. The minimum atomic E-state index is -4.74. The van der Waals surface area contributed by atoms with Crippen LogP contribution in [0.1, 0.15) is 24.1 Å². The largest absolute Gasteiger partial charge is 0.443 e. The summed E-state index contributed by atoms with van der Waals surface area (Å²) >= 11 is 0. The van der Waals surface area contributed by atoms with Gasteiger partial charge in [0.25, 0.3) is 0 Å². The first-order valence-corrected chi connectivity index (χ1v) is 6.48. The molecule has 21 heavy (non-hydrogen) atoms. The van der Waals surface area contributed by atoms with Crippen LogP contribution >= 0.6 is 0 Å². The average Bonchev–Trinajstić information content (AvgIpc) is 3.13. The Morgan fingerprint density at radius 3 is 2.71 bits per heavy atom. The van der Waals surface area contributed by atoms with Crippen LogP contribution in [-0.4, -0.2) is 11.0 Å². The van der Waals surface area contributed by atoms with Crippen LogP contribution in [0.4, 0.5) is 17.6 Å². The van der Waals surface area contributed by atoms with Crippen molar-refractivity contribution in [3.8, 4) is 11.3 Å². The number of oxazole rings is 1. The van der Waals surface area contributed by atoms with Crippen molar-refractivity contribution in [2.24, 2.45) is 0 Å². The minimum absolute atomic E-state index is 0.0340. The Balaban J connectivity index is 1.95. The summed E-state index contributed by atoms with van der Waals surface area (Å²) in [4.78, 5) is 3.95. The molecule has 1 N–H and O–H groups in total. The molecule has 1 heterocycles. The Hall–Kier alpha value is -1.89. The van der Waals surface area contributed by atoms with Gasteiger partial charge < -0.3 is 9.73 Å². The highest BCUT2D eigenvalue weighted by molar-refractivity contribution is 5.62. The quantitative estimate of drug-likeness (QED) is 0.874. The summed E-state index contributed by atoms with van der Waals surface area (Å²) < 4.78 is 57.4. The zero-order valence-electron chi connectivity index (χ0n) is 10.9. The van der Waals surface area contributed by atoms with E-state index in [1.807, 2.05) is 0 Å². The number of halogens is 4. The molecule has 1 aromatic heterocycles. The maximum atomic E-state index is 14.1. The molecular formula is C14H12F4N2O. The molecule has 0 amide bonds. The van der Waals surface area contributed by atoms with Gasteiger partial charge in [-0.3, -0.25) is 0 Å². The van der Waals surface area contributed by atoms with Gasteiger partial charge in [0.05, 0.1) is 11.1 Å². The second-order valence-electron chi connectivity index (χ2n) is 4.95. The van der Waals surface area contributed by atoms with Crippen LogP contribution in [0.15, 0.2) is 29.0 Å². The van der Waals surface area contributed by atoms with Crippen molar-refractivity contribution in [3.05, 3.63) is 41.7 Å². The van der Waals surface area contributed by atoms with E-state index in [4.69, 9.17) is 4.42 Å². The van der Waals surface area contributed by atoms with Crippen LogP contribution in [0, 0.1) is 5.82 Å². The number of aromatic nitrogens is 1. The Kier molecular flexibility index (Phi) is 3.44. The van der Waals surface area contributed by atoms with Gasteiger partial charge in [-0.05, 0) is 25.0 Å². The summed E-state index contributed by atoms with van der Waals surface area (Å²) in [5, 5.41) is 3.17. The molecule has 0 spiro atoms. The maximum absolute atomic E-state index is 14.1. The number of nitrogens with one attached hydrogen (secondary N) is 1. The molecule has 112 valence electrons. The number of hydrogen-bond acceptors (Lipinski definition) is 3. The van der Waals surface area contributed by atoms with Gasteiger partial charge in [0.15, 0.2) is 12.2 Å². The lowest BCUT2D eigenvalue weighted by Crippen LogP contribution is -2.16. The summed E-state index contributed by atoms with van der Waals surface area (Å²) in [6.07, 6.45) is -1.51. The highest BCUT2D eigenvalue weighted by atomic mass is 19.4. The number of rotatable bonds is 4. The number of benzene rings is 1. The van der Waals surface area contributed by atoms with E-state index in [1.54, 1.807) is 0 Å². The van der Waals surface area contributed by atoms with Crippen molar-refractivity contribution >= 4 is 0 Å². The fraction of sp³-hybridized carbons (Fsp3) is 0.357. The molecule has 1 aromatic carbocycles.